The molecule has 7 heteroatoms. The number of anilines is 2. The van der Waals surface area contributed by atoms with Gasteiger partial charge in [0.05, 0.1) is 13.0 Å². The van der Waals surface area contributed by atoms with E-state index in [4.69, 9.17) is 4.74 Å². The number of aromatic nitrogens is 3. The van der Waals surface area contributed by atoms with Crippen LogP contribution in [-0.2, 0) is 4.79 Å². The Morgan fingerprint density at radius 2 is 2.15 bits per heavy atom. The van der Waals surface area contributed by atoms with E-state index in [1.54, 1.807) is 7.11 Å². The molecule has 1 saturated heterocycles. The molecule has 1 amide bonds. The molecule has 134 valence electrons. The minimum absolute atomic E-state index is 0.0248. The van der Waals surface area contributed by atoms with Gasteiger partial charge in [0, 0.05) is 31.0 Å². The van der Waals surface area contributed by atoms with Crippen LogP contribution in [0.1, 0.15) is 12.8 Å². The van der Waals surface area contributed by atoms with Crippen LogP contribution in [0.2, 0.25) is 0 Å². The number of nitrogens with one attached hydrogen (secondary N) is 1. The van der Waals surface area contributed by atoms with Crippen LogP contribution in [0.15, 0.2) is 48.7 Å². The lowest BCUT2D eigenvalue weighted by Gasteiger charge is -2.32. The summed E-state index contributed by atoms with van der Waals surface area (Å²) in [6.07, 6.45) is 3.76. The fourth-order valence-corrected chi connectivity index (χ4v) is 3.36. The molecule has 1 fully saturated rings. The highest BCUT2D eigenvalue weighted by Gasteiger charge is 2.28. The van der Waals surface area contributed by atoms with Crippen LogP contribution in [0.3, 0.4) is 0 Å². The minimum atomic E-state index is -0.0917. The van der Waals surface area contributed by atoms with Gasteiger partial charge in [0.1, 0.15) is 5.75 Å². The normalized spacial score (nSPS) is 17.3. The second-order valence-corrected chi connectivity index (χ2v) is 6.44. The van der Waals surface area contributed by atoms with Gasteiger partial charge in [0.25, 0.3) is 0 Å². The number of rotatable bonds is 4. The lowest BCUT2D eigenvalue weighted by Crippen LogP contribution is -2.41. The van der Waals surface area contributed by atoms with Crippen molar-refractivity contribution in [3.05, 3.63) is 48.7 Å². The number of benzene rings is 1. The smallest absolute Gasteiger partial charge is 0.231 e. The number of hydrogen-bond acceptors (Lipinski definition) is 5. The van der Waals surface area contributed by atoms with E-state index >= 15 is 0 Å². The maximum atomic E-state index is 12.7. The Morgan fingerprint density at radius 3 is 3.04 bits per heavy atom. The van der Waals surface area contributed by atoms with E-state index in [1.807, 2.05) is 53.1 Å². The predicted molar refractivity (Wildman–Crippen MR) is 99.5 cm³/mol. The molecule has 0 saturated carbocycles. The van der Waals surface area contributed by atoms with E-state index in [1.165, 1.54) is 0 Å². The van der Waals surface area contributed by atoms with E-state index in [0.717, 1.165) is 42.4 Å². The molecule has 4 rings (SSSR count). The molecule has 3 aromatic rings. The van der Waals surface area contributed by atoms with Crippen LogP contribution in [0.25, 0.3) is 5.65 Å². The van der Waals surface area contributed by atoms with Crippen molar-refractivity contribution in [1.29, 1.82) is 0 Å². The summed E-state index contributed by atoms with van der Waals surface area (Å²) in [5, 5.41) is 11.5. The van der Waals surface area contributed by atoms with Gasteiger partial charge in [-0.25, -0.2) is 0 Å². The maximum absolute atomic E-state index is 12.7. The molecule has 1 atom stereocenters. The predicted octanol–water partition coefficient (Wildman–Crippen LogP) is 2.59. The van der Waals surface area contributed by atoms with Crippen molar-refractivity contribution < 1.29 is 9.53 Å². The molecule has 1 aromatic carbocycles. The number of ether oxygens (including phenoxy) is 1. The van der Waals surface area contributed by atoms with Crippen molar-refractivity contribution in [3.63, 3.8) is 0 Å². The average Bonchev–Trinajstić information content (AvgIpc) is 3.12. The third-order valence-electron chi connectivity index (χ3n) is 4.71. The van der Waals surface area contributed by atoms with E-state index in [0.29, 0.717) is 6.54 Å². The molecule has 3 heterocycles. The topological polar surface area (TPSA) is 71.8 Å². The zero-order valence-corrected chi connectivity index (χ0v) is 14.6. The summed E-state index contributed by atoms with van der Waals surface area (Å²) in [6, 6.07) is 13.2. The molecule has 1 aliphatic heterocycles. The summed E-state index contributed by atoms with van der Waals surface area (Å²) >= 11 is 0. The van der Waals surface area contributed by atoms with Gasteiger partial charge in [-0.15, -0.1) is 10.2 Å². The van der Waals surface area contributed by atoms with Crippen LogP contribution in [-0.4, -0.2) is 40.7 Å². The Hall–Kier alpha value is -3.09. The molecular formula is C19H21N5O2. The molecule has 0 unspecified atom stereocenters. The number of pyridine rings is 1. The Morgan fingerprint density at radius 1 is 1.23 bits per heavy atom. The lowest BCUT2D eigenvalue weighted by atomic mass is 9.97. The van der Waals surface area contributed by atoms with Crippen molar-refractivity contribution in [2.75, 3.05) is 30.4 Å². The molecule has 1 aliphatic rings. The molecule has 2 aromatic heterocycles. The zero-order valence-electron chi connectivity index (χ0n) is 14.6. The molecule has 1 N–H and O–H groups in total. The largest absolute Gasteiger partial charge is 0.497 e. The first-order chi connectivity index (χ1) is 12.7. The Bertz CT molecular complexity index is 923. The Kier molecular flexibility index (Phi) is 4.43. The third-order valence-corrected chi connectivity index (χ3v) is 4.71. The van der Waals surface area contributed by atoms with Crippen LogP contribution in [0, 0.1) is 5.92 Å². The molecule has 0 aliphatic carbocycles. The number of carbonyl (C=O) groups excluding carboxylic acids is 1. The number of methoxy groups -OCH3 is 1. The van der Waals surface area contributed by atoms with Gasteiger partial charge in [-0.2, -0.15) is 0 Å². The molecule has 26 heavy (non-hydrogen) atoms. The Balaban J connectivity index is 1.48. The zero-order chi connectivity index (χ0) is 17.9. The average molecular weight is 351 g/mol. The fourth-order valence-electron chi connectivity index (χ4n) is 3.36. The van der Waals surface area contributed by atoms with Crippen molar-refractivity contribution in [2.24, 2.45) is 5.92 Å². The van der Waals surface area contributed by atoms with Crippen molar-refractivity contribution in [3.8, 4) is 5.75 Å². The monoisotopic (exact) mass is 351 g/mol. The van der Waals surface area contributed by atoms with Crippen LogP contribution in [0.4, 0.5) is 11.6 Å². The standard InChI is InChI=1S/C19H21N5O2/c1-26-16-8-4-7-15(12-16)20-18(25)14-6-5-10-23(13-14)19-22-21-17-9-2-3-11-24(17)19/h2-4,7-9,11-12,14H,5-6,10,13H2,1H3,(H,20,25)/t14-/m1/s1. The molecule has 0 spiro atoms. The Labute approximate surface area is 151 Å². The number of nitrogens with zero attached hydrogens (tertiary/aromatic N) is 4. The quantitative estimate of drug-likeness (QED) is 0.782. The summed E-state index contributed by atoms with van der Waals surface area (Å²) in [5.74, 6) is 1.45. The number of carbonyl (C=O) groups is 1. The van der Waals surface area contributed by atoms with Crippen molar-refractivity contribution >= 4 is 23.2 Å². The second-order valence-electron chi connectivity index (χ2n) is 6.44. The number of fused-ring (bicyclic) bond motifs is 1. The van der Waals surface area contributed by atoms with Gasteiger partial charge in [-0.05, 0) is 37.1 Å². The molecule has 0 bridgehead atoms. The molecule has 0 radical (unpaired) electrons. The summed E-state index contributed by atoms with van der Waals surface area (Å²) in [6.45, 7) is 1.50. The second kappa shape index (κ2) is 7.03. The number of piperidine rings is 1. The van der Waals surface area contributed by atoms with E-state index < -0.39 is 0 Å². The highest BCUT2D eigenvalue weighted by Crippen LogP contribution is 2.24. The van der Waals surface area contributed by atoms with Gasteiger partial charge in [0.15, 0.2) is 5.65 Å². The first-order valence-electron chi connectivity index (χ1n) is 8.74. The summed E-state index contributed by atoms with van der Waals surface area (Å²) < 4.78 is 7.17. The minimum Gasteiger partial charge on any atom is -0.497 e. The fraction of sp³-hybridized carbons (Fsp3) is 0.316. The van der Waals surface area contributed by atoms with Gasteiger partial charge < -0.3 is 15.0 Å². The van der Waals surface area contributed by atoms with Gasteiger partial charge >= 0.3 is 0 Å². The van der Waals surface area contributed by atoms with E-state index in [-0.39, 0.29) is 11.8 Å². The summed E-state index contributed by atoms with van der Waals surface area (Å²) in [5.41, 5.74) is 1.56. The lowest BCUT2D eigenvalue weighted by molar-refractivity contribution is -0.120. The van der Waals surface area contributed by atoms with Crippen LogP contribution >= 0.6 is 0 Å². The van der Waals surface area contributed by atoms with Gasteiger partial charge in [0.2, 0.25) is 11.9 Å². The van der Waals surface area contributed by atoms with Gasteiger partial charge in [-0.3, -0.25) is 9.20 Å². The van der Waals surface area contributed by atoms with Crippen molar-refractivity contribution in [1.82, 2.24) is 14.6 Å². The summed E-state index contributed by atoms with van der Waals surface area (Å²) in [7, 11) is 1.61. The maximum Gasteiger partial charge on any atom is 0.231 e. The highest BCUT2D eigenvalue weighted by molar-refractivity contribution is 5.93. The first kappa shape index (κ1) is 16.4. The summed E-state index contributed by atoms with van der Waals surface area (Å²) in [4.78, 5) is 14.9. The van der Waals surface area contributed by atoms with E-state index in [2.05, 4.69) is 20.4 Å². The third kappa shape index (κ3) is 3.20. The van der Waals surface area contributed by atoms with Crippen LogP contribution in [0.5, 0.6) is 5.75 Å². The highest BCUT2D eigenvalue weighted by atomic mass is 16.5. The van der Waals surface area contributed by atoms with E-state index in [9.17, 15) is 4.79 Å². The number of amides is 1. The van der Waals surface area contributed by atoms with Crippen molar-refractivity contribution in [2.45, 2.75) is 12.8 Å². The number of hydrogen-bond donors (Lipinski definition) is 1. The molecule has 7 nitrogen and oxygen atoms in total. The molecular weight excluding hydrogens is 330 g/mol. The SMILES string of the molecule is COc1cccc(NC(=O)[C@@H]2CCCN(c3nnc4ccccn34)C2)c1. The van der Waals surface area contributed by atoms with Crippen LogP contribution < -0.4 is 15.0 Å². The van der Waals surface area contributed by atoms with Gasteiger partial charge in [-0.1, -0.05) is 12.1 Å². The first-order valence-corrected chi connectivity index (χ1v) is 8.74.